The van der Waals surface area contributed by atoms with Gasteiger partial charge in [0.2, 0.25) is 12.3 Å². The molecule has 19 heavy (non-hydrogen) atoms. The average molecular weight is 274 g/mol. The smallest absolute Gasteiger partial charge is 0.326 e. The fourth-order valence-corrected chi connectivity index (χ4v) is 1.36. The first kappa shape index (κ1) is 14.8. The van der Waals surface area contributed by atoms with Crippen molar-refractivity contribution in [1.82, 2.24) is 10.3 Å². The summed E-state index contributed by atoms with van der Waals surface area (Å²) < 4.78 is 29.2. The van der Waals surface area contributed by atoms with Gasteiger partial charge in [-0.3, -0.25) is 4.79 Å². The molecule has 0 saturated heterocycles. The van der Waals surface area contributed by atoms with Crippen LogP contribution >= 0.6 is 0 Å². The summed E-state index contributed by atoms with van der Waals surface area (Å²) in [6, 6.07) is 1.13. The number of halogens is 2. The molecule has 0 aliphatic rings. The number of amides is 1. The molecule has 1 aromatic rings. The Morgan fingerprint density at radius 3 is 2.74 bits per heavy atom. The maximum atomic E-state index is 12.2. The van der Waals surface area contributed by atoms with E-state index in [4.69, 9.17) is 9.84 Å². The lowest BCUT2D eigenvalue weighted by Gasteiger charge is -2.14. The van der Waals surface area contributed by atoms with E-state index in [0.717, 1.165) is 0 Å². The summed E-state index contributed by atoms with van der Waals surface area (Å²) >= 11 is 0. The fourth-order valence-electron chi connectivity index (χ4n) is 1.36. The summed E-state index contributed by atoms with van der Waals surface area (Å²) in [5, 5.41) is 10.7. The van der Waals surface area contributed by atoms with Crippen LogP contribution in [0, 0.1) is 0 Å². The summed E-state index contributed by atoms with van der Waals surface area (Å²) in [7, 11) is 1.28. The van der Waals surface area contributed by atoms with Crippen molar-refractivity contribution < 1.29 is 28.2 Å². The second-order valence-electron chi connectivity index (χ2n) is 3.55. The molecule has 0 aliphatic carbocycles. The summed E-state index contributed by atoms with van der Waals surface area (Å²) in [5.74, 6) is -2.38. The Balaban J connectivity index is 2.84. The molecule has 0 bridgehead atoms. The van der Waals surface area contributed by atoms with Crippen LogP contribution in [0.15, 0.2) is 18.3 Å². The zero-order valence-electron chi connectivity index (χ0n) is 9.97. The molecule has 1 rings (SSSR count). The van der Waals surface area contributed by atoms with Crippen LogP contribution in [0.1, 0.15) is 16.8 Å². The van der Waals surface area contributed by atoms with Crippen molar-refractivity contribution in [2.45, 2.75) is 18.9 Å². The first-order chi connectivity index (χ1) is 8.95. The number of hydrogen-bond acceptors (Lipinski definition) is 4. The maximum absolute atomic E-state index is 12.2. The number of nitrogens with zero attached hydrogens (tertiary/aromatic N) is 1. The normalized spacial score (nSPS) is 12.0. The van der Waals surface area contributed by atoms with Gasteiger partial charge in [-0.2, -0.15) is 0 Å². The lowest BCUT2D eigenvalue weighted by atomic mass is 10.2. The van der Waals surface area contributed by atoms with E-state index in [-0.39, 0.29) is 11.4 Å². The van der Waals surface area contributed by atoms with Crippen molar-refractivity contribution in [2.75, 3.05) is 7.11 Å². The Kier molecular flexibility index (Phi) is 5.16. The summed E-state index contributed by atoms with van der Waals surface area (Å²) in [4.78, 5) is 26.3. The van der Waals surface area contributed by atoms with Crippen LogP contribution in [0.2, 0.25) is 0 Å². The minimum atomic E-state index is -2.84. The number of carbonyl (C=O) groups excluding carboxylic acids is 1. The summed E-state index contributed by atoms with van der Waals surface area (Å²) in [6.45, 7) is 0. The van der Waals surface area contributed by atoms with Crippen molar-refractivity contribution in [2.24, 2.45) is 0 Å². The Hall–Kier alpha value is -2.25. The Labute approximate surface area is 107 Å². The molecule has 0 spiro atoms. The second-order valence-corrected chi connectivity index (χ2v) is 3.55. The lowest BCUT2D eigenvalue weighted by Crippen LogP contribution is -2.42. The predicted molar refractivity (Wildman–Crippen MR) is 60.3 cm³/mol. The number of hydrogen-bond donors (Lipinski definition) is 2. The first-order valence-corrected chi connectivity index (χ1v) is 5.26. The van der Waals surface area contributed by atoms with E-state index >= 15 is 0 Å². The van der Waals surface area contributed by atoms with Gasteiger partial charge in [-0.05, 0) is 12.1 Å². The van der Waals surface area contributed by atoms with Gasteiger partial charge in [-0.1, -0.05) is 0 Å². The highest BCUT2D eigenvalue weighted by molar-refractivity contribution is 5.98. The number of rotatable bonds is 6. The van der Waals surface area contributed by atoms with Gasteiger partial charge >= 0.3 is 5.97 Å². The first-order valence-electron chi connectivity index (χ1n) is 5.26. The number of ether oxygens (including phenoxy) is 1. The van der Waals surface area contributed by atoms with E-state index in [1.807, 2.05) is 5.32 Å². The molecule has 0 saturated carbocycles. The number of carboxylic acid groups (broad SMARTS) is 1. The third-order valence-corrected chi connectivity index (χ3v) is 2.23. The fraction of sp³-hybridized carbons (Fsp3) is 0.364. The number of carboxylic acids is 1. The molecule has 6 nitrogen and oxygen atoms in total. The minimum Gasteiger partial charge on any atom is -0.480 e. The molecule has 0 aromatic carbocycles. The topological polar surface area (TPSA) is 88.5 Å². The van der Waals surface area contributed by atoms with Gasteiger partial charge in [0.05, 0.1) is 7.11 Å². The second kappa shape index (κ2) is 6.62. The number of pyridine rings is 1. The van der Waals surface area contributed by atoms with Crippen molar-refractivity contribution in [3.8, 4) is 5.88 Å². The Morgan fingerprint density at radius 1 is 1.53 bits per heavy atom. The molecule has 1 aromatic heterocycles. The van der Waals surface area contributed by atoms with Crippen LogP contribution in [0.5, 0.6) is 5.88 Å². The number of carbonyl (C=O) groups is 2. The third kappa shape index (κ3) is 4.16. The highest BCUT2D eigenvalue weighted by Gasteiger charge is 2.25. The quantitative estimate of drug-likeness (QED) is 0.805. The number of methoxy groups -OCH3 is 1. The SMILES string of the molecule is COc1ncccc1C(=O)NC(CC(F)F)C(=O)O. The van der Waals surface area contributed by atoms with Crippen LogP contribution < -0.4 is 10.1 Å². The zero-order valence-corrected chi connectivity index (χ0v) is 9.97. The summed E-state index contributed by atoms with van der Waals surface area (Å²) in [6.07, 6.45) is -2.43. The van der Waals surface area contributed by atoms with E-state index in [1.165, 1.54) is 25.4 Å². The monoisotopic (exact) mass is 274 g/mol. The van der Waals surface area contributed by atoms with E-state index in [0.29, 0.717) is 0 Å². The standard InChI is InChI=1S/C11H12F2N2O4/c1-19-10-6(3-2-4-14-10)9(16)15-7(11(17)18)5-8(12)13/h2-4,7-8H,5H2,1H3,(H,15,16)(H,17,18). The predicted octanol–water partition coefficient (Wildman–Crippen LogP) is 0.928. The van der Waals surface area contributed by atoms with Gasteiger partial charge in [-0.25, -0.2) is 18.6 Å². The molecule has 1 atom stereocenters. The van der Waals surface area contributed by atoms with Gasteiger partial charge in [0.25, 0.3) is 5.91 Å². The Morgan fingerprint density at radius 2 is 2.21 bits per heavy atom. The van der Waals surface area contributed by atoms with Gasteiger partial charge in [0.15, 0.2) is 0 Å². The molecule has 0 radical (unpaired) electrons. The van der Waals surface area contributed by atoms with E-state index < -0.39 is 30.8 Å². The highest BCUT2D eigenvalue weighted by atomic mass is 19.3. The maximum Gasteiger partial charge on any atom is 0.326 e. The van der Waals surface area contributed by atoms with Gasteiger partial charge in [0, 0.05) is 12.6 Å². The van der Waals surface area contributed by atoms with E-state index in [1.54, 1.807) is 0 Å². The van der Waals surface area contributed by atoms with Crippen molar-refractivity contribution in [1.29, 1.82) is 0 Å². The van der Waals surface area contributed by atoms with Crippen LogP contribution in [-0.2, 0) is 4.79 Å². The molecule has 0 fully saturated rings. The highest BCUT2D eigenvalue weighted by Crippen LogP contribution is 2.14. The molecule has 8 heteroatoms. The molecular formula is C11H12F2N2O4. The van der Waals surface area contributed by atoms with Crippen LogP contribution in [0.25, 0.3) is 0 Å². The van der Waals surface area contributed by atoms with E-state index in [9.17, 15) is 18.4 Å². The number of alkyl halides is 2. The van der Waals surface area contributed by atoms with Crippen LogP contribution in [-0.4, -0.2) is 41.5 Å². The zero-order chi connectivity index (χ0) is 14.4. The van der Waals surface area contributed by atoms with Crippen molar-refractivity contribution in [3.63, 3.8) is 0 Å². The molecule has 2 N–H and O–H groups in total. The van der Waals surface area contributed by atoms with Crippen LogP contribution in [0.3, 0.4) is 0 Å². The van der Waals surface area contributed by atoms with Crippen LogP contribution in [0.4, 0.5) is 8.78 Å². The molecular weight excluding hydrogens is 262 g/mol. The minimum absolute atomic E-state index is 0.0128. The largest absolute Gasteiger partial charge is 0.480 e. The number of aromatic nitrogens is 1. The third-order valence-electron chi connectivity index (χ3n) is 2.23. The van der Waals surface area contributed by atoms with Gasteiger partial charge in [0.1, 0.15) is 11.6 Å². The van der Waals surface area contributed by atoms with Gasteiger partial charge < -0.3 is 15.2 Å². The average Bonchev–Trinajstić information content (AvgIpc) is 2.37. The molecule has 104 valence electrons. The molecule has 1 heterocycles. The molecule has 1 amide bonds. The molecule has 0 aliphatic heterocycles. The van der Waals surface area contributed by atoms with Crippen molar-refractivity contribution in [3.05, 3.63) is 23.9 Å². The summed E-state index contributed by atoms with van der Waals surface area (Å²) in [5.41, 5.74) is -0.0227. The number of nitrogens with one attached hydrogen (secondary N) is 1. The Bertz CT molecular complexity index is 468. The van der Waals surface area contributed by atoms with E-state index in [2.05, 4.69) is 4.98 Å². The lowest BCUT2D eigenvalue weighted by molar-refractivity contribution is -0.140. The number of aliphatic carboxylic acids is 1. The molecule has 1 unspecified atom stereocenters. The van der Waals surface area contributed by atoms with Gasteiger partial charge in [-0.15, -0.1) is 0 Å². The van der Waals surface area contributed by atoms with Crippen molar-refractivity contribution >= 4 is 11.9 Å².